The molecule has 74 valence electrons. The molecule has 2 rings (SSSR count). The monoisotopic (exact) mass is 189 g/mol. The van der Waals surface area contributed by atoms with Gasteiger partial charge in [-0.25, -0.2) is 0 Å². The molecule has 0 aromatic heterocycles. The first-order chi connectivity index (χ1) is 6.85. The van der Waals surface area contributed by atoms with E-state index >= 15 is 0 Å². The van der Waals surface area contributed by atoms with Gasteiger partial charge in [0, 0.05) is 12.6 Å². The third-order valence-corrected chi connectivity index (χ3v) is 3.00. The summed E-state index contributed by atoms with van der Waals surface area (Å²) in [4.78, 5) is 12.8. The fraction of sp³-hybridized carbons (Fsp3) is 0.417. The number of carbonyl (C=O) groups excluding carboxylic acids is 1. The summed E-state index contributed by atoms with van der Waals surface area (Å²) in [5.74, 6) is 0. The van der Waals surface area contributed by atoms with Crippen LogP contribution in [0.25, 0.3) is 0 Å². The number of benzene rings is 1. The maximum atomic E-state index is 10.9. The molecular weight excluding hydrogens is 174 g/mol. The summed E-state index contributed by atoms with van der Waals surface area (Å²) in [5, 5.41) is 0. The van der Waals surface area contributed by atoms with Gasteiger partial charge in [-0.05, 0) is 24.0 Å². The normalized spacial score (nSPS) is 20.4. The van der Waals surface area contributed by atoms with Crippen LogP contribution in [0.1, 0.15) is 24.5 Å². The molecule has 1 aliphatic rings. The highest BCUT2D eigenvalue weighted by molar-refractivity contribution is 5.50. The molecule has 1 amide bonds. The molecule has 1 aromatic carbocycles. The minimum Gasteiger partial charge on any atom is -0.338 e. The van der Waals surface area contributed by atoms with Gasteiger partial charge in [0.15, 0.2) is 0 Å². The van der Waals surface area contributed by atoms with Crippen LogP contribution < -0.4 is 0 Å². The lowest BCUT2D eigenvalue weighted by Crippen LogP contribution is -2.38. The van der Waals surface area contributed by atoms with Gasteiger partial charge in [0.2, 0.25) is 6.41 Å². The van der Waals surface area contributed by atoms with Crippen LogP contribution in [0, 0.1) is 0 Å². The maximum Gasteiger partial charge on any atom is 0.210 e. The topological polar surface area (TPSA) is 20.3 Å². The zero-order valence-corrected chi connectivity index (χ0v) is 8.44. The summed E-state index contributed by atoms with van der Waals surface area (Å²) < 4.78 is 0. The van der Waals surface area contributed by atoms with Crippen LogP contribution in [0.4, 0.5) is 0 Å². The number of amides is 1. The van der Waals surface area contributed by atoms with Crippen molar-refractivity contribution in [1.82, 2.24) is 4.90 Å². The Morgan fingerprint density at radius 3 is 2.79 bits per heavy atom. The first kappa shape index (κ1) is 9.25. The van der Waals surface area contributed by atoms with E-state index in [4.69, 9.17) is 0 Å². The molecule has 2 nitrogen and oxygen atoms in total. The predicted octanol–water partition coefficient (Wildman–Crippen LogP) is 1.98. The Morgan fingerprint density at radius 2 is 2.14 bits per heavy atom. The molecule has 1 aromatic rings. The van der Waals surface area contributed by atoms with E-state index in [1.807, 2.05) is 11.0 Å². The molecule has 1 heterocycles. The lowest BCUT2D eigenvalue weighted by molar-refractivity contribution is -0.121. The van der Waals surface area contributed by atoms with Crippen molar-refractivity contribution in [2.75, 3.05) is 0 Å². The van der Waals surface area contributed by atoms with Gasteiger partial charge in [-0.15, -0.1) is 0 Å². The van der Waals surface area contributed by atoms with Gasteiger partial charge < -0.3 is 4.90 Å². The SMILES string of the molecule is CCC1Cc2ccccc2CN1C=O. The minimum absolute atomic E-state index is 0.391. The molecule has 0 saturated heterocycles. The number of fused-ring (bicyclic) bond motifs is 1. The van der Waals surface area contributed by atoms with E-state index < -0.39 is 0 Å². The van der Waals surface area contributed by atoms with Crippen molar-refractivity contribution in [3.05, 3.63) is 35.4 Å². The third-order valence-electron chi connectivity index (χ3n) is 3.00. The largest absolute Gasteiger partial charge is 0.338 e. The number of hydrogen-bond acceptors (Lipinski definition) is 1. The summed E-state index contributed by atoms with van der Waals surface area (Å²) in [7, 11) is 0. The average Bonchev–Trinajstić information content (AvgIpc) is 2.27. The van der Waals surface area contributed by atoms with Crippen LogP contribution in [0.2, 0.25) is 0 Å². The van der Waals surface area contributed by atoms with Crippen LogP contribution in [0.3, 0.4) is 0 Å². The fourth-order valence-corrected chi connectivity index (χ4v) is 2.11. The van der Waals surface area contributed by atoms with Crippen molar-refractivity contribution >= 4 is 6.41 Å². The van der Waals surface area contributed by atoms with Gasteiger partial charge in [-0.2, -0.15) is 0 Å². The van der Waals surface area contributed by atoms with Gasteiger partial charge in [-0.1, -0.05) is 31.2 Å². The summed E-state index contributed by atoms with van der Waals surface area (Å²) in [6, 6.07) is 8.77. The highest BCUT2D eigenvalue weighted by Gasteiger charge is 2.22. The molecule has 1 atom stereocenters. The van der Waals surface area contributed by atoms with E-state index in [0.717, 1.165) is 25.8 Å². The Kier molecular flexibility index (Phi) is 2.53. The van der Waals surface area contributed by atoms with E-state index in [1.54, 1.807) is 0 Å². The lowest BCUT2D eigenvalue weighted by Gasteiger charge is -2.33. The molecule has 1 unspecified atom stereocenters. The van der Waals surface area contributed by atoms with Gasteiger partial charge in [-0.3, -0.25) is 4.79 Å². The summed E-state index contributed by atoms with van der Waals surface area (Å²) in [6.45, 7) is 2.91. The van der Waals surface area contributed by atoms with Crippen molar-refractivity contribution in [3.8, 4) is 0 Å². The second-order valence-electron chi connectivity index (χ2n) is 3.81. The molecule has 1 aliphatic heterocycles. The van der Waals surface area contributed by atoms with Crippen LogP contribution in [-0.4, -0.2) is 17.4 Å². The van der Waals surface area contributed by atoms with Crippen molar-refractivity contribution in [2.24, 2.45) is 0 Å². The molecule has 14 heavy (non-hydrogen) atoms. The number of carbonyl (C=O) groups is 1. The molecule has 0 radical (unpaired) electrons. The molecule has 2 heteroatoms. The summed E-state index contributed by atoms with van der Waals surface area (Å²) in [6.07, 6.45) is 3.02. The van der Waals surface area contributed by atoms with Crippen LogP contribution in [0.15, 0.2) is 24.3 Å². The standard InChI is InChI=1S/C12H15NO/c1-2-12-7-10-5-3-4-6-11(10)8-13(12)9-14/h3-6,9,12H,2,7-8H2,1H3. The molecule has 0 bridgehead atoms. The molecule has 0 N–H and O–H groups in total. The van der Waals surface area contributed by atoms with Crippen LogP contribution >= 0.6 is 0 Å². The zero-order valence-electron chi connectivity index (χ0n) is 8.44. The number of nitrogens with zero attached hydrogens (tertiary/aromatic N) is 1. The second-order valence-corrected chi connectivity index (χ2v) is 3.81. The van der Waals surface area contributed by atoms with Crippen molar-refractivity contribution in [3.63, 3.8) is 0 Å². The van der Waals surface area contributed by atoms with Crippen LogP contribution in [-0.2, 0) is 17.8 Å². The first-order valence-electron chi connectivity index (χ1n) is 5.13. The number of rotatable bonds is 2. The van der Waals surface area contributed by atoms with E-state index in [1.165, 1.54) is 11.1 Å². The Bertz CT molecular complexity index is 335. The summed E-state index contributed by atoms with van der Waals surface area (Å²) >= 11 is 0. The molecule has 0 saturated carbocycles. The predicted molar refractivity (Wildman–Crippen MR) is 55.8 cm³/mol. The Hall–Kier alpha value is -1.31. The van der Waals surface area contributed by atoms with Gasteiger partial charge in [0.1, 0.15) is 0 Å². The maximum absolute atomic E-state index is 10.9. The van der Waals surface area contributed by atoms with Crippen molar-refractivity contribution < 1.29 is 4.79 Å². The number of hydrogen-bond donors (Lipinski definition) is 0. The smallest absolute Gasteiger partial charge is 0.210 e. The third kappa shape index (κ3) is 1.52. The van der Waals surface area contributed by atoms with E-state index in [-0.39, 0.29) is 0 Å². The van der Waals surface area contributed by atoms with Crippen LogP contribution in [0.5, 0.6) is 0 Å². The molecular formula is C12H15NO. The fourth-order valence-electron chi connectivity index (χ4n) is 2.11. The molecule has 0 spiro atoms. The Balaban J connectivity index is 2.29. The van der Waals surface area contributed by atoms with E-state index in [2.05, 4.69) is 25.1 Å². The highest BCUT2D eigenvalue weighted by Crippen LogP contribution is 2.23. The summed E-state index contributed by atoms with van der Waals surface area (Å²) in [5.41, 5.74) is 2.70. The van der Waals surface area contributed by atoms with Gasteiger partial charge in [0.25, 0.3) is 0 Å². The van der Waals surface area contributed by atoms with Gasteiger partial charge in [0.05, 0.1) is 0 Å². The Morgan fingerprint density at radius 1 is 1.43 bits per heavy atom. The second kappa shape index (κ2) is 3.82. The molecule has 0 aliphatic carbocycles. The first-order valence-corrected chi connectivity index (χ1v) is 5.13. The zero-order chi connectivity index (χ0) is 9.97. The van der Waals surface area contributed by atoms with Crippen molar-refractivity contribution in [1.29, 1.82) is 0 Å². The average molecular weight is 189 g/mol. The highest BCUT2D eigenvalue weighted by atomic mass is 16.1. The quantitative estimate of drug-likeness (QED) is 0.651. The van der Waals surface area contributed by atoms with E-state index in [0.29, 0.717) is 6.04 Å². The van der Waals surface area contributed by atoms with Crippen molar-refractivity contribution in [2.45, 2.75) is 32.4 Å². The minimum atomic E-state index is 0.391. The molecule has 0 fully saturated rings. The lowest BCUT2D eigenvalue weighted by atomic mass is 9.93. The van der Waals surface area contributed by atoms with Gasteiger partial charge >= 0.3 is 0 Å². The van der Waals surface area contributed by atoms with E-state index in [9.17, 15) is 4.79 Å². The Labute approximate surface area is 84.5 Å².